The average Bonchev–Trinajstić information content (AvgIpc) is 2.34. The fourth-order valence-corrected chi connectivity index (χ4v) is 1.91. The standard InChI is InChI=1S/C12H12BrN3O/c1-17-11-5-3-2-4-10(11)16-12-8(13)6-15-7-9(12)14/h2-7H,14H2,1H3,(H,15,16). The van der Waals surface area contributed by atoms with Crippen LogP contribution in [0, 0.1) is 0 Å². The summed E-state index contributed by atoms with van der Waals surface area (Å²) in [5.74, 6) is 0.760. The minimum Gasteiger partial charge on any atom is -0.495 e. The molecule has 0 aliphatic rings. The van der Waals surface area contributed by atoms with Gasteiger partial charge in [0.2, 0.25) is 0 Å². The zero-order valence-electron chi connectivity index (χ0n) is 9.27. The molecule has 1 aromatic carbocycles. The highest BCUT2D eigenvalue weighted by Gasteiger charge is 2.07. The number of nitrogens with two attached hydrogens (primary N) is 1. The predicted octanol–water partition coefficient (Wildman–Crippen LogP) is 3.18. The maximum absolute atomic E-state index is 5.86. The molecule has 0 unspecified atom stereocenters. The van der Waals surface area contributed by atoms with Gasteiger partial charge in [0.25, 0.3) is 0 Å². The number of anilines is 3. The summed E-state index contributed by atoms with van der Waals surface area (Å²) < 4.78 is 6.07. The number of methoxy groups -OCH3 is 1. The first-order valence-corrected chi connectivity index (χ1v) is 5.80. The zero-order chi connectivity index (χ0) is 12.3. The van der Waals surface area contributed by atoms with Gasteiger partial charge in [-0.25, -0.2) is 0 Å². The van der Waals surface area contributed by atoms with E-state index in [1.165, 1.54) is 0 Å². The first-order valence-electron chi connectivity index (χ1n) is 5.01. The van der Waals surface area contributed by atoms with E-state index in [1.807, 2.05) is 24.3 Å². The molecular weight excluding hydrogens is 282 g/mol. The second kappa shape index (κ2) is 5.05. The van der Waals surface area contributed by atoms with Crippen LogP contribution in [0.15, 0.2) is 41.1 Å². The quantitative estimate of drug-likeness (QED) is 0.912. The van der Waals surface area contributed by atoms with Gasteiger partial charge in [0.15, 0.2) is 0 Å². The zero-order valence-corrected chi connectivity index (χ0v) is 10.9. The van der Waals surface area contributed by atoms with E-state index in [0.717, 1.165) is 21.6 Å². The number of nitrogen functional groups attached to an aromatic ring is 1. The van der Waals surface area contributed by atoms with Crippen LogP contribution in [-0.2, 0) is 0 Å². The van der Waals surface area contributed by atoms with Crippen LogP contribution < -0.4 is 15.8 Å². The number of ether oxygens (including phenoxy) is 1. The van der Waals surface area contributed by atoms with Gasteiger partial charge in [0.1, 0.15) is 5.75 Å². The normalized spacial score (nSPS) is 10.0. The summed E-state index contributed by atoms with van der Waals surface area (Å²) in [5, 5.41) is 3.22. The molecule has 1 aromatic heterocycles. The molecule has 17 heavy (non-hydrogen) atoms. The number of rotatable bonds is 3. The Hall–Kier alpha value is -1.75. The number of hydrogen-bond acceptors (Lipinski definition) is 4. The summed E-state index contributed by atoms with van der Waals surface area (Å²) in [5.41, 5.74) is 8.08. The van der Waals surface area contributed by atoms with E-state index >= 15 is 0 Å². The number of benzene rings is 1. The van der Waals surface area contributed by atoms with Crippen molar-refractivity contribution in [2.45, 2.75) is 0 Å². The van der Waals surface area contributed by atoms with Gasteiger partial charge < -0.3 is 15.8 Å². The fraction of sp³-hybridized carbons (Fsp3) is 0.0833. The molecule has 88 valence electrons. The highest BCUT2D eigenvalue weighted by molar-refractivity contribution is 9.10. The Labute approximate surface area is 108 Å². The van der Waals surface area contributed by atoms with Gasteiger partial charge in [-0.2, -0.15) is 0 Å². The van der Waals surface area contributed by atoms with E-state index in [0.29, 0.717) is 5.69 Å². The lowest BCUT2D eigenvalue weighted by Gasteiger charge is -2.13. The van der Waals surface area contributed by atoms with Crippen LogP contribution in [0.3, 0.4) is 0 Å². The molecule has 0 bridgehead atoms. The summed E-state index contributed by atoms with van der Waals surface area (Å²) >= 11 is 3.41. The van der Waals surface area contributed by atoms with E-state index in [9.17, 15) is 0 Å². The first-order chi connectivity index (χ1) is 8.22. The van der Waals surface area contributed by atoms with Crippen molar-refractivity contribution in [3.05, 3.63) is 41.1 Å². The maximum Gasteiger partial charge on any atom is 0.142 e. The van der Waals surface area contributed by atoms with Gasteiger partial charge in [-0.15, -0.1) is 0 Å². The van der Waals surface area contributed by atoms with Gasteiger partial charge in [0, 0.05) is 6.20 Å². The molecule has 1 heterocycles. The van der Waals surface area contributed by atoms with Gasteiger partial charge >= 0.3 is 0 Å². The third-order valence-corrected chi connectivity index (χ3v) is 2.90. The van der Waals surface area contributed by atoms with Crippen LogP contribution in [0.1, 0.15) is 0 Å². The monoisotopic (exact) mass is 293 g/mol. The molecule has 0 aliphatic carbocycles. The lowest BCUT2D eigenvalue weighted by Crippen LogP contribution is -1.99. The Kier molecular flexibility index (Phi) is 3.49. The molecule has 4 nitrogen and oxygen atoms in total. The van der Waals surface area contributed by atoms with Crippen LogP contribution in [-0.4, -0.2) is 12.1 Å². The highest BCUT2D eigenvalue weighted by atomic mass is 79.9. The summed E-state index contributed by atoms with van der Waals surface area (Å²) in [6.07, 6.45) is 3.29. The molecule has 0 aliphatic heterocycles. The third-order valence-electron chi connectivity index (χ3n) is 2.30. The third kappa shape index (κ3) is 2.50. The van der Waals surface area contributed by atoms with Crippen LogP contribution >= 0.6 is 15.9 Å². The van der Waals surface area contributed by atoms with E-state index < -0.39 is 0 Å². The Morgan fingerprint density at radius 1 is 1.29 bits per heavy atom. The van der Waals surface area contributed by atoms with Crippen LogP contribution in [0.5, 0.6) is 5.75 Å². The Morgan fingerprint density at radius 2 is 2.06 bits per heavy atom. The molecule has 0 amide bonds. The molecule has 0 radical (unpaired) electrons. The molecule has 2 rings (SSSR count). The van der Waals surface area contributed by atoms with Crippen molar-refractivity contribution in [2.75, 3.05) is 18.2 Å². The number of nitrogens with one attached hydrogen (secondary N) is 1. The van der Waals surface area contributed by atoms with Gasteiger partial charge in [-0.05, 0) is 28.1 Å². The number of halogens is 1. The average molecular weight is 294 g/mol. The largest absolute Gasteiger partial charge is 0.495 e. The van der Waals surface area contributed by atoms with Crippen molar-refractivity contribution in [3.8, 4) is 5.75 Å². The Bertz CT molecular complexity index is 511. The smallest absolute Gasteiger partial charge is 0.142 e. The van der Waals surface area contributed by atoms with Gasteiger partial charge in [0.05, 0.1) is 34.8 Å². The molecular formula is C12H12BrN3O. The van der Waals surface area contributed by atoms with Crippen LogP contribution in [0.25, 0.3) is 0 Å². The summed E-state index contributed by atoms with van der Waals surface area (Å²) in [7, 11) is 1.63. The molecule has 0 saturated carbocycles. The maximum atomic E-state index is 5.86. The molecule has 0 spiro atoms. The van der Waals surface area contributed by atoms with Crippen molar-refractivity contribution in [2.24, 2.45) is 0 Å². The second-order valence-corrected chi connectivity index (χ2v) is 4.27. The number of para-hydroxylation sites is 2. The number of aromatic nitrogens is 1. The molecule has 0 saturated heterocycles. The van der Waals surface area contributed by atoms with Crippen molar-refractivity contribution >= 4 is 33.0 Å². The van der Waals surface area contributed by atoms with E-state index in [1.54, 1.807) is 19.5 Å². The molecule has 5 heteroatoms. The first kappa shape index (κ1) is 11.7. The molecule has 0 fully saturated rings. The van der Waals surface area contributed by atoms with Gasteiger partial charge in [-0.3, -0.25) is 4.98 Å². The SMILES string of the molecule is COc1ccccc1Nc1c(N)cncc1Br. The summed E-state index contributed by atoms with van der Waals surface area (Å²) in [6, 6.07) is 7.64. The summed E-state index contributed by atoms with van der Waals surface area (Å²) in [4.78, 5) is 3.99. The van der Waals surface area contributed by atoms with Crippen molar-refractivity contribution in [1.29, 1.82) is 0 Å². The van der Waals surface area contributed by atoms with Crippen molar-refractivity contribution in [1.82, 2.24) is 4.98 Å². The topological polar surface area (TPSA) is 60.2 Å². The molecule has 0 atom stereocenters. The Balaban J connectivity index is 2.38. The van der Waals surface area contributed by atoms with Gasteiger partial charge in [-0.1, -0.05) is 12.1 Å². The molecule has 2 aromatic rings. The van der Waals surface area contributed by atoms with Crippen molar-refractivity contribution in [3.63, 3.8) is 0 Å². The number of nitrogens with zero attached hydrogens (tertiary/aromatic N) is 1. The minimum atomic E-state index is 0.574. The summed E-state index contributed by atoms with van der Waals surface area (Å²) in [6.45, 7) is 0. The van der Waals surface area contributed by atoms with E-state index in [4.69, 9.17) is 10.5 Å². The fourth-order valence-electron chi connectivity index (χ4n) is 1.46. The van der Waals surface area contributed by atoms with Crippen molar-refractivity contribution < 1.29 is 4.74 Å². The highest BCUT2D eigenvalue weighted by Crippen LogP contribution is 2.33. The number of pyridine rings is 1. The minimum absolute atomic E-state index is 0.574. The Morgan fingerprint density at radius 3 is 2.76 bits per heavy atom. The lowest BCUT2D eigenvalue weighted by molar-refractivity contribution is 0.417. The van der Waals surface area contributed by atoms with Crippen LogP contribution in [0.2, 0.25) is 0 Å². The van der Waals surface area contributed by atoms with E-state index in [-0.39, 0.29) is 0 Å². The van der Waals surface area contributed by atoms with Crippen LogP contribution in [0.4, 0.5) is 17.1 Å². The second-order valence-electron chi connectivity index (χ2n) is 3.41. The van der Waals surface area contributed by atoms with E-state index in [2.05, 4.69) is 26.2 Å². The number of hydrogen-bond donors (Lipinski definition) is 2. The molecule has 3 N–H and O–H groups in total. The predicted molar refractivity (Wildman–Crippen MR) is 72.6 cm³/mol. The lowest BCUT2D eigenvalue weighted by atomic mass is 10.2.